The van der Waals surface area contributed by atoms with Gasteiger partial charge in [0, 0.05) is 42.6 Å². The van der Waals surface area contributed by atoms with Gasteiger partial charge in [-0.1, -0.05) is 42.0 Å². The molecule has 5 rings (SSSR count). The molecule has 5 N–H and O–H groups in total. The molecule has 2 heterocycles. The van der Waals surface area contributed by atoms with E-state index in [9.17, 15) is 5.11 Å². The van der Waals surface area contributed by atoms with Gasteiger partial charge in [-0.25, -0.2) is 9.97 Å². The highest BCUT2D eigenvalue weighted by atomic mass is 16.3. The van der Waals surface area contributed by atoms with Gasteiger partial charge in [-0.2, -0.15) is 15.0 Å². The highest BCUT2D eigenvalue weighted by molar-refractivity contribution is 5.97. The van der Waals surface area contributed by atoms with Crippen molar-refractivity contribution in [1.29, 1.82) is 5.26 Å². The molecule has 2 aromatic heterocycles. The molecule has 9 heteroatoms. The van der Waals surface area contributed by atoms with Crippen LogP contribution in [0.3, 0.4) is 0 Å². The number of anilines is 3. The number of aromatic nitrogens is 4. The molecule has 0 amide bonds. The number of nitrogens with zero attached hydrogens (tertiary/aromatic N) is 5. The van der Waals surface area contributed by atoms with Crippen LogP contribution in [0.25, 0.3) is 16.7 Å². The zero-order valence-corrected chi connectivity index (χ0v) is 20.0. The Bertz CT molecular complexity index is 1510. The summed E-state index contributed by atoms with van der Waals surface area (Å²) in [6, 6.07) is 21.9. The Labute approximate surface area is 208 Å². The van der Waals surface area contributed by atoms with E-state index >= 15 is 0 Å². The lowest BCUT2D eigenvalue weighted by Gasteiger charge is -2.14. The van der Waals surface area contributed by atoms with E-state index in [4.69, 9.17) is 11.0 Å². The molecule has 5 aromatic rings. The van der Waals surface area contributed by atoms with Crippen molar-refractivity contribution in [3.8, 4) is 17.8 Å². The van der Waals surface area contributed by atoms with E-state index in [1.165, 1.54) is 16.4 Å². The maximum Gasteiger partial charge on any atom is 0.252 e. The van der Waals surface area contributed by atoms with E-state index in [-0.39, 0.29) is 5.82 Å². The average Bonchev–Trinajstić information content (AvgIpc) is 3.29. The SMILES string of the molecule is CNc1c(O)c(CNc2ccc(C)cc2)cc2ccccc12.N#Cc1cnn(-c2ncccn2)c1N. The number of nitrogens with one attached hydrogen (secondary N) is 2. The van der Waals surface area contributed by atoms with Crippen LogP contribution in [-0.2, 0) is 6.54 Å². The fourth-order valence-electron chi connectivity index (χ4n) is 3.66. The topological polar surface area (TPSA) is 138 Å². The molecule has 0 aliphatic rings. The van der Waals surface area contributed by atoms with Gasteiger partial charge in [0.25, 0.3) is 5.95 Å². The van der Waals surface area contributed by atoms with Gasteiger partial charge in [0.05, 0.1) is 11.9 Å². The molecule has 0 fully saturated rings. The normalized spacial score (nSPS) is 10.2. The summed E-state index contributed by atoms with van der Waals surface area (Å²) in [5.41, 5.74) is 9.89. The summed E-state index contributed by atoms with van der Waals surface area (Å²) in [4.78, 5) is 7.91. The maximum atomic E-state index is 10.5. The standard InChI is InChI=1S/C19H20N2O.C8H6N6/c1-13-7-9-16(10-8-13)21-12-15-11-14-5-3-4-6-17(14)18(20-2)19(15)22;9-4-6-5-13-14(7(6)10)8-11-2-1-3-12-8/h3-11,20-22H,12H2,1-2H3;1-3,5H,10H2. The average molecular weight is 479 g/mol. The predicted molar refractivity (Wildman–Crippen MR) is 142 cm³/mol. The van der Waals surface area contributed by atoms with Gasteiger partial charge < -0.3 is 21.5 Å². The maximum absolute atomic E-state index is 10.5. The van der Waals surface area contributed by atoms with Crippen LogP contribution < -0.4 is 16.4 Å². The fraction of sp³-hybridized carbons (Fsp3) is 0.111. The Kier molecular flexibility index (Phi) is 7.27. The number of phenolic OH excluding ortho intramolecular Hbond substituents is 1. The van der Waals surface area contributed by atoms with Gasteiger partial charge in [-0.15, -0.1) is 0 Å². The van der Waals surface area contributed by atoms with Crippen molar-refractivity contribution in [2.24, 2.45) is 0 Å². The first-order valence-corrected chi connectivity index (χ1v) is 11.2. The van der Waals surface area contributed by atoms with Crippen LogP contribution in [0.5, 0.6) is 5.75 Å². The van der Waals surface area contributed by atoms with Crippen molar-refractivity contribution >= 4 is 28.0 Å². The van der Waals surface area contributed by atoms with Crippen molar-refractivity contribution in [3.63, 3.8) is 0 Å². The fourth-order valence-corrected chi connectivity index (χ4v) is 3.66. The molecule has 0 aliphatic heterocycles. The molecular formula is C27H26N8O. The van der Waals surface area contributed by atoms with Crippen LogP contribution in [0.1, 0.15) is 16.7 Å². The summed E-state index contributed by atoms with van der Waals surface area (Å²) in [6.45, 7) is 2.65. The van der Waals surface area contributed by atoms with Crippen LogP contribution in [0, 0.1) is 18.3 Å². The van der Waals surface area contributed by atoms with Crippen molar-refractivity contribution < 1.29 is 5.11 Å². The minimum atomic E-state index is 0.249. The van der Waals surface area contributed by atoms with Crippen molar-refractivity contribution in [2.45, 2.75) is 13.5 Å². The van der Waals surface area contributed by atoms with Gasteiger partial charge in [0.15, 0.2) is 0 Å². The Morgan fingerprint density at radius 3 is 2.44 bits per heavy atom. The summed E-state index contributed by atoms with van der Waals surface area (Å²) >= 11 is 0. The second-order valence-electron chi connectivity index (χ2n) is 7.97. The molecule has 0 aliphatic carbocycles. The Hall–Kier alpha value is -5.10. The van der Waals surface area contributed by atoms with Crippen LogP contribution in [0.4, 0.5) is 17.2 Å². The zero-order chi connectivity index (χ0) is 25.5. The Morgan fingerprint density at radius 2 is 1.78 bits per heavy atom. The molecule has 180 valence electrons. The lowest BCUT2D eigenvalue weighted by Crippen LogP contribution is -2.06. The first-order valence-electron chi connectivity index (χ1n) is 11.2. The summed E-state index contributed by atoms with van der Waals surface area (Å²) < 4.78 is 1.32. The third-order valence-corrected chi connectivity index (χ3v) is 5.55. The summed E-state index contributed by atoms with van der Waals surface area (Å²) in [5.74, 6) is 0.908. The second-order valence-corrected chi connectivity index (χ2v) is 7.97. The highest BCUT2D eigenvalue weighted by Gasteiger charge is 2.11. The molecule has 0 atom stereocenters. The van der Waals surface area contributed by atoms with Gasteiger partial charge >= 0.3 is 0 Å². The molecule has 36 heavy (non-hydrogen) atoms. The van der Waals surface area contributed by atoms with Gasteiger partial charge in [-0.3, -0.25) is 0 Å². The first-order chi connectivity index (χ1) is 17.5. The number of nitriles is 1. The highest BCUT2D eigenvalue weighted by Crippen LogP contribution is 2.36. The number of rotatable bonds is 5. The molecular weight excluding hydrogens is 452 g/mol. The third-order valence-electron chi connectivity index (χ3n) is 5.55. The van der Waals surface area contributed by atoms with E-state index in [1.807, 2.05) is 49.5 Å². The molecule has 0 radical (unpaired) electrons. The van der Waals surface area contributed by atoms with Crippen molar-refractivity contribution in [3.05, 3.63) is 95.9 Å². The zero-order valence-electron chi connectivity index (χ0n) is 20.0. The predicted octanol–water partition coefficient (Wildman–Crippen LogP) is 4.62. The van der Waals surface area contributed by atoms with E-state index < -0.39 is 0 Å². The van der Waals surface area contributed by atoms with Crippen molar-refractivity contribution in [2.75, 3.05) is 23.4 Å². The van der Waals surface area contributed by atoms with E-state index in [1.54, 1.807) is 18.5 Å². The van der Waals surface area contributed by atoms with Gasteiger partial charge in [-0.05, 0) is 36.6 Å². The van der Waals surface area contributed by atoms with Gasteiger partial charge in [0.1, 0.15) is 23.2 Å². The summed E-state index contributed by atoms with van der Waals surface area (Å²) in [5, 5.41) is 31.7. The first kappa shape index (κ1) is 24.0. The number of hydrogen-bond donors (Lipinski definition) is 4. The molecule has 0 bridgehead atoms. The minimum absolute atomic E-state index is 0.249. The molecule has 0 spiro atoms. The van der Waals surface area contributed by atoms with E-state index in [2.05, 4.69) is 50.8 Å². The number of aromatic hydroxyl groups is 1. The third kappa shape index (κ3) is 5.18. The number of phenols is 1. The Balaban J connectivity index is 0.000000187. The number of aryl methyl sites for hydroxylation is 1. The number of nitrogens with two attached hydrogens (primary N) is 1. The van der Waals surface area contributed by atoms with E-state index in [0.29, 0.717) is 23.8 Å². The molecule has 0 saturated heterocycles. The number of nitrogen functional groups attached to an aromatic ring is 1. The minimum Gasteiger partial charge on any atom is -0.505 e. The number of fused-ring (bicyclic) bond motifs is 1. The smallest absolute Gasteiger partial charge is 0.252 e. The molecule has 0 unspecified atom stereocenters. The lowest BCUT2D eigenvalue weighted by atomic mass is 10.0. The molecule has 0 saturated carbocycles. The van der Waals surface area contributed by atoms with Crippen LogP contribution in [0.2, 0.25) is 0 Å². The second kappa shape index (κ2) is 10.9. The number of hydrogen-bond acceptors (Lipinski definition) is 8. The summed E-state index contributed by atoms with van der Waals surface area (Å²) in [7, 11) is 1.83. The van der Waals surface area contributed by atoms with Gasteiger partial charge in [0.2, 0.25) is 0 Å². The van der Waals surface area contributed by atoms with E-state index in [0.717, 1.165) is 27.7 Å². The van der Waals surface area contributed by atoms with Crippen LogP contribution >= 0.6 is 0 Å². The summed E-state index contributed by atoms with van der Waals surface area (Å²) in [6.07, 6.45) is 4.54. The molecule has 9 nitrogen and oxygen atoms in total. The lowest BCUT2D eigenvalue weighted by molar-refractivity contribution is 0.472. The largest absolute Gasteiger partial charge is 0.505 e. The van der Waals surface area contributed by atoms with Crippen molar-refractivity contribution in [1.82, 2.24) is 19.7 Å². The Morgan fingerprint density at radius 1 is 1.06 bits per heavy atom. The van der Waals surface area contributed by atoms with Crippen LogP contribution in [-0.4, -0.2) is 31.9 Å². The molecule has 3 aromatic carbocycles. The van der Waals surface area contributed by atoms with Crippen LogP contribution in [0.15, 0.2) is 79.3 Å². The monoisotopic (exact) mass is 478 g/mol. The quantitative estimate of drug-likeness (QED) is 0.268. The number of benzene rings is 3.